The van der Waals surface area contributed by atoms with E-state index in [-0.39, 0.29) is 6.09 Å². The Balaban J connectivity index is 1.73. The van der Waals surface area contributed by atoms with Crippen molar-refractivity contribution >= 4 is 17.7 Å². The molecule has 1 amide bonds. The van der Waals surface area contributed by atoms with Crippen LogP contribution in [0.4, 0.5) is 4.79 Å². The predicted molar refractivity (Wildman–Crippen MR) is 80.8 cm³/mol. The molecule has 0 bridgehead atoms. The molecule has 20 heavy (non-hydrogen) atoms. The standard InChI is InChI=1S/C16H20ClNO2/c17-10-4-7-14-8-11-18(12-9-14)16(19)20-13-15-5-2-1-3-6-15/h1-7,14H,8-13H2/b7-4+. The summed E-state index contributed by atoms with van der Waals surface area (Å²) < 4.78 is 5.33. The second-order valence-corrected chi connectivity index (χ2v) is 5.26. The van der Waals surface area contributed by atoms with Gasteiger partial charge in [-0.15, -0.1) is 11.6 Å². The van der Waals surface area contributed by atoms with Crippen LogP contribution in [0.2, 0.25) is 0 Å². The van der Waals surface area contributed by atoms with Gasteiger partial charge in [-0.2, -0.15) is 0 Å². The lowest BCUT2D eigenvalue weighted by Crippen LogP contribution is -2.38. The summed E-state index contributed by atoms with van der Waals surface area (Å²) in [6.45, 7) is 1.85. The van der Waals surface area contributed by atoms with Gasteiger partial charge in [0, 0.05) is 19.0 Å². The minimum Gasteiger partial charge on any atom is -0.445 e. The highest BCUT2D eigenvalue weighted by Crippen LogP contribution is 2.19. The quantitative estimate of drug-likeness (QED) is 0.624. The molecule has 0 radical (unpaired) electrons. The van der Waals surface area contributed by atoms with E-state index in [0.717, 1.165) is 31.5 Å². The first-order valence-corrected chi connectivity index (χ1v) is 7.51. The topological polar surface area (TPSA) is 29.5 Å². The molecule has 0 atom stereocenters. The first-order valence-electron chi connectivity index (χ1n) is 6.98. The van der Waals surface area contributed by atoms with Gasteiger partial charge in [0.25, 0.3) is 0 Å². The van der Waals surface area contributed by atoms with Crippen LogP contribution in [0, 0.1) is 5.92 Å². The van der Waals surface area contributed by atoms with Crippen molar-refractivity contribution in [2.24, 2.45) is 5.92 Å². The molecule has 108 valence electrons. The number of halogens is 1. The number of amides is 1. The molecule has 1 aliphatic rings. The van der Waals surface area contributed by atoms with Crippen molar-refractivity contribution in [3.63, 3.8) is 0 Å². The minimum absolute atomic E-state index is 0.214. The van der Waals surface area contributed by atoms with E-state index >= 15 is 0 Å². The predicted octanol–water partition coefficient (Wildman–Crippen LogP) is 3.83. The van der Waals surface area contributed by atoms with E-state index in [1.807, 2.05) is 36.4 Å². The van der Waals surface area contributed by atoms with Gasteiger partial charge in [-0.25, -0.2) is 4.79 Å². The highest BCUT2D eigenvalue weighted by molar-refractivity contribution is 6.18. The Hall–Kier alpha value is -1.48. The van der Waals surface area contributed by atoms with Crippen molar-refractivity contribution in [2.45, 2.75) is 19.4 Å². The van der Waals surface area contributed by atoms with E-state index in [1.54, 1.807) is 4.90 Å². The maximum atomic E-state index is 12.0. The molecule has 0 saturated carbocycles. The van der Waals surface area contributed by atoms with Gasteiger partial charge in [-0.1, -0.05) is 42.5 Å². The van der Waals surface area contributed by atoms with E-state index in [0.29, 0.717) is 18.4 Å². The molecule has 0 spiro atoms. The van der Waals surface area contributed by atoms with Crippen LogP contribution in [0.25, 0.3) is 0 Å². The van der Waals surface area contributed by atoms with Crippen LogP contribution in [0.1, 0.15) is 18.4 Å². The molecule has 3 nitrogen and oxygen atoms in total. The lowest BCUT2D eigenvalue weighted by Gasteiger charge is -2.29. The molecule has 1 heterocycles. The highest BCUT2D eigenvalue weighted by Gasteiger charge is 2.22. The number of hydrogen-bond acceptors (Lipinski definition) is 2. The van der Waals surface area contributed by atoms with E-state index in [9.17, 15) is 4.79 Å². The molecular formula is C16H20ClNO2. The third-order valence-electron chi connectivity index (χ3n) is 3.50. The zero-order valence-corrected chi connectivity index (χ0v) is 12.3. The van der Waals surface area contributed by atoms with Gasteiger partial charge in [0.1, 0.15) is 6.61 Å². The first-order chi connectivity index (χ1) is 9.79. The van der Waals surface area contributed by atoms with Gasteiger partial charge in [0.15, 0.2) is 0 Å². The van der Waals surface area contributed by atoms with Crippen LogP contribution >= 0.6 is 11.6 Å². The fourth-order valence-electron chi connectivity index (χ4n) is 2.33. The highest BCUT2D eigenvalue weighted by atomic mass is 35.5. The molecule has 2 rings (SSSR count). The van der Waals surface area contributed by atoms with E-state index in [1.165, 1.54) is 0 Å². The van der Waals surface area contributed by atoms with Crippen molar-refractivity contribution in [1.82, 2.24) is 4.90 Å². The molecule has 4 heteroatoms. The van der Waals surface area contributed by atoms with Gasteiger partial charge in [-0.3, -0.25) is 0 Å². The number of hydrogen-bond donors (Lipinski definition) is 0. The molecule has 1 aromatic rings. The van der Waals surface area contributed by atoms with Gasteiger partial charge < -0.3 is 9.64 Å². The summed E-state index contributed by atoms with van der Waals surface area (Å²) in [4.78, 5) is 13.7. The largest absolute Gasteiger partial charge is 0.445 e. The van der Waals surface area contributed by atoms with Crippen molar-refractivity contribution in [3.8, 4) is 0 Å². The SMILES string of the molecule is O=C(OCc1ccccc1)N1CCC(/C=C/CCl)CC1. The van der Waals surface area contributed by atoms with E-state index in [4.69, 9.17) is 16.3 Å². The number of allylic oxidation sites excluding steroid dienone is 2. The number of alkyl halides is 1. The smallest absolute Gasteiger partial charge is 0.410 e. The summed E-state index contributed by atoms with van der Waals surface area (Å²) in [5.41, 5.74) is 1.01. The summed E-state index contributed by atoms with van der Waals surface area (Å²) in [6, 6.07) is 9.74. The summed E-state index contributed by atoms with van der Waals surface area (Å²) in [7, 11) is 0. The maximum absolute atomic E-state index is 12.0. The molecule has 0 aromatic heterocycles. The van der Waals surface area contributed by atoms with Crippen LogP contribution in [-0.2, 0) is 11.3 Å². The number of benzene rings is 1. The van der Waals surface area contributed by atoms with Crippen LogP contribution in [0.3, 0.4) is 0 Å². The third-order valence-corrected chi connectivity index (χ3v) is 3.68. The van der Waals surface area contributed by atoms with Crippen LogP contribution in [0.5, 0.6) is 0 Å². The molecule has 1 fully saturated rings. The van der Waals surface area contributed by atoms with E-state index < -0.39 is 0 Å². The van der Waals surface area contributed by atoms with Gasteiger partial charge >= 0.3 is 6.09 Å². The molecule has 0 N–H and O–H groups in total. The Kier molecular flexibility index (Phi) is 5.93. The molecule has 0 unspecified atom stereocenters. The minimum atomic E-state index is -0.214. The summed E-state index contributed by atoms with van der Waals surface area (Å²) in [6.07, 6.45) is 5.88. The lowest BCUT2D eigenvalue weighted by molar-refractivity contribution is 0.0854. The molecule has 0 aliphatic carbocycles. The van der Waals surface area contributed by atoms with Crippen molar-refractivity contribution in [3.05, 3.63) is 48.0 Å². The van der Waals surface area contributed by atoms with Crippen LogP contribution < -0.4 is 0 Å². The second kappa shape index (κ2) is 7.95. The zero-order valence-electron chi connectivity index (χ0n) is 11.5. The second-order valence-electron chi connectivity index (χ2n) is 4.95. The molecule has 1 saturated heterocycles. The number of piperidine rings is 1. The maximum Gasteiger partial charge on any atom is 0.410 e. The summed E-state index contributed by atoms with van der Waals surface area (Å²) in [5, 5.41) is 0. The van der Waals surface area contributed by atoms with Crippen molar-refractivity contribution in [2.75, 3.05) is 19.0 Å². The van der Waals surface area contributed by atoms with Gasteiger partial charge in [0.2, 0.25) is 0 Å². The monoisotopic (exact) mass is 293 g/mol. The van der Waals surface area contributed by atoms with Crippen LogP contribution in [-0.4, -0.2) is 30.0 Å². The number of carbonyl (C=O) groups is 1. The number of nitrogens with zero attached hydrogens (tertiary/aromatic N) is 1. The fraction of sp³-hybridized carbons (Fsp3) is 0.438. The van der Waals surface area contributed by atoms with Crippen molar-refractivity contribution < 1.29 is 9.53 Å². The Morgan fingerprint density at radius 1 is 1.30 bits per heavy atom. The zero-order chi connectivity index (χ0) is 14.2. The Morgan fingerprint density at radius 2 is 2.00 bits per heavy atom. The number of ether oxygens (including phenoxy) is 1. The Labute approximate surface area is 125 Å². The van der Waals surface area contributed by atoms with Crippen LogP contribution in [0.15, 0.2) is 42.5 Å². The lowest BCUT2D eigenvalue weighted by atomic mass is 9.97. The number of carbonyl (C=O) groups excluding carboxylic acids is 1. The Morgan fingerprint density at radius 3 is 2.65 bits per heavy atom. The Bertz CT molecular complexity index is 439. The number of likely N-dealkylation sites (tertiary alicyclic amines) is 1. The molecule has 1 aromatic carbocycles. The third kappa shape index (κ3) is 4.57. The first kappa shape index (κ1) is 14.9. The van der Waals surface area contributed by atoms with Gasteiger partial charge in [0.05, 0.1) is 0 Å². The van der Waals surface area contributed by atoms with E-state index in [2.05, 4.69) is 6.08 Å². The summed E-state index contributed by atoms with van der Waals surface area (Å²) in [5.74, 6) is 1.09. The normalized spacial score (nSPS) is 16.6. The average molecular weight is 294 g/mol. The number of rotatable bonds is 4. The molecular weight excluding hydrogens is 274 g/mol. The average Bonchev–Trinajstić information content (AvgIpc) is 2.52. The fourth-order valence-corrected chi connectivity index (χ4v) is 2.43. The summed E-state index contributed by atoms with van der Waals surface area (Å²) >= 11 is 5.63. The molecule has 1 aliphatic heterocycles. The van der Waals surface area contributed by atoms with Crippen molar-refractivity contribution in [1.29, 1.82) is 0 Å². The van der Waals surface area contributed by atoms with Gasteiger partial charge in [-0.05, 0) is 24.3 Å².